The summed E-state index contributed by atoms with van der Waals surface area (Å²) in [6.45, 7) is 1.15. The molecule has 2 aromatic rings. The maximum atomic E-state index is 12.1. The predicted octanol–water partition coefficient (Wildman–Crippen LogP) is 0.402. The fraction of sp³-hybridized carbons (Fsp3) is 0.286. The second-order valence-electron chi connectivity index (χ2n) is 4.85. The number of nitrogens with two attached hydrogens (primary N) is 1. The van der Waals surface area contributed by atoms with Crippen molar-refractivity contribution in [1.29, 1.82) is 0 Å². The molecule has 0 fully saturated rings. The molecule has 0 saturated carbocycles. The van der Waals surface area contributed by atoms with Crippen molar-refractivity contribution in [3.8, 4) is 0 Å². The number of anilines is 1. The highest BCUT2D eigenvalue weighted by Gasteiger charge is 2.16. The van der Waals surface area contributed by atoms with Crippen LogP contribution in [0.4, 0.5) is 5.69 Å². The van der Waals surface area contributed by atoms with Crippen molar-refractivity contribution < 1.29 is 4.79 Å². The number of nitrogens with one attached hydrogen (secondary N) is 2. The number of benzene rings is 1. The number of carbonyl (C=O) groups is 1. The summed E-state index contributed by atoms with van der Waals surface area (Å²) in [4.78, 5) is 28.7. The van der Waals surface area contributed by atoms with Crippen LogP contribution in [0.5, 0.6) is 0 Å². The van der Waals surface area contributed by atoms with Crippen LogP contribution in [-0.2, 0) is 0 Å². The molecule has 0 atom stereocenters. The number of H-pyrrole nitrogens is 1. The molecule has 0 spiro atoms. The first-order valence-corrected chi connectivity index (χ1v) is 6.34. The Morgan fingerprint density at radius 3 is 2.75 bits per heavy atom. The van der Waals surface area contributed by atoms with Gasteiger partial charge in [-0.1, -0.05) is 18.2 Å². The van der Waals surface area contributed by atoms with Crippen LogP contribution in [0.1, 0.15) is 10.4 Å². The van der Waals surface area contributed by atoms with Crippen molar-refractivity contribution in [3.63, 3.8) is 0 Å². The van der Waals surface area contributed by atoms with Crippen LogP contribution in [0.15, 0.2) is 29.1 Å². The molecule has 1 aromatic heterocycles. The summed E-state index contributed by atoms with van der Waals surface area (Å²) in [5.41, 5.74) is 6.31. The van der Waals surface area contributed by atoms with Gasteiger partial charge < -0.3 is 20.9 Å². The van der Waals surface area contributed by atoms with Gasteiger partial charge in [0.1, 0.15) is 5.56 Å². The van der Waals surface area contributed by atoms with Gasteiger partial charge in [-0.25, -0.2) is 0 Å². The summed E-state index contributed by atoms with van der Waals surface area (Å²) in [5.74, 6) is -0.448. The monoisotopic (exact) mass is 274 g/mol. The quantitative estimate of drug-likeness (QED) is 0.752. The van der Waals surface area contributed by atoms with Gasteiger partial charge in [-0.3, -0.25) is 9.59 Å². The number of carbonyl (C=O) groups excluding carboxylic acids is 1. The van der Waals surface area contributed by atoms with Crippen LogP contribution >= 0.6 is 0 Å². The van der Waals surface area contributed by atoms with Gasteiger partial charge in [-0.05, 0) is 20.2 Å². The van der Waals surface area contributed by atoms with Gasteiger partial charge in [0.05, 0.1) is 11.2 Å². The highest BCUT2D eigenvalue weighted by atomic mass is 16.2. The predicted molar refractivity (Wildman–Crippen MR) is 79.9 cm³/mol. The molecule has 0 aliphatic carbocycles. The molecule has 0 bridgehead atoms. The van der Waals surface area contributed by atoms with E-state index >= 15 is 0 Å². The maximum Gasteiger partial charge on any atom is 0.263 e. The summed E-state index contributed by atoms with van der Waals surface area (Å²) < 4.78 is 0. The molecule has 0 radical (unpaired) electrons. The minimum atomic E-state index is -0.469. The SMILES string of the molecule is CN(C)CCNC(=O)c1c(N)c2ccccc2[nH]c1=O. The Morgan fingerprint density at radius 2 is 2.05 bits per heavy atom. The highest BCUT2D eigenvalue weighted by Crippen LogP contribution is 2.19. The molecule has 1 aromatic carbocycles. The smallest absolute Gasteiger partial charge is 0.263 e. The summed E-state index contributed by atoms with van der Waals surface area (Å²) in [5, 5.41) is 3.37. The zero-order valence-corrected chi connectivity index (χ0v) is 11.6. The fourth-order valence-corrected chi connectivity index (χ4v) is 1.98. The number of hydrogen-bond acceptors (Lipinski definition) is 4. The lowest BCUT2D eigenvalue weighted by Gasteiger charge is -2.12. The normalized spacial score (nSPS) is 10.9. The van der Waals surface area contributed by atoms with E-state index in [1.165, 1.54) is 0 Å². The van der Waals surface area contributed by atoms with Gasteiger partial charge in [-0.2, -0.15) is 0 Å². The average molecular weight is 274 g/mol. The standard InChI is InChI=1S/C14H18N4O2/c1-18(2)8-7-16-13(19)11-12(15)9-5-3-4-6-10(9)17-14(11)20/h3-6H,7-8H2,1-2H3,(H,16,19)(H3,15,17,20). The van der Waals surface area contributed by atoms with Crippen molar-refractivity contribution in [2.75, 3.05) is 32.9 Å². The average Bonchev–Trinajstić information content (AvgIpc) is 2.38. The lowest BCUT2D eigenvalue weighted by molar-refractivity contribution is 0.0950. The van der Waals surface area contributed by atoms with Gasteiger partial charge in [0.25, 0.3) is 11.5 Å². The highest BCUT2D eigenvalue weighted by molar-refractivity contribution is 6.06. The zero-order valence-electron chi connectivity index (χ0n) is 11.6. The molecule has 0 saturated heterocycles. The molecule has 0 unspecified atom stereocenters. The second kappa shape index (κ2) is 5.75. The van der Waals surface area contributed by atoms with Crippen LogP contribution in [0.3, 0.4) is 0 Å². The Kier molecular flexibility index (Phi) is 4.05. The third-order valence-electron chi connectivity index (χ3n) is 3.03. The Morgan fingerprint density at radius 1 is 1.35 bits per heavy atom. The molecular formula is C14H18N4O2. The van der Waals surface area contributed by atoms with Gasteiger partial charge in [0.2, 0.25) is 0 Å². The summed E-state index contributed by atoms with van der Waals surface area (Å²) in [6.07, 6.45) is 0. The van der Waals surface area contributed by atoms with E-state index in [1.54, 1.807) is 18.2 Å². The molecule has 1 amide bonds. The number of fused-ring (bicyclic) bond motifs is 1. The van der Waals surface area contributed by atoms with Gasteiger partial charge in [0.15, 0.2) is 0 Å². The third-order valence-corrected chi connectivity index (χ3v) is 3.03. The lowest BCUT2D eigenvalue weighted by atomic mass is 10.1. The van der Waals surface area contributed by atoms with Crippen LogP contribution in [0, 0.1) is 0 Å². The van der Waals surface area contributed by atoms with Crippen LogP contribution in [0.25, 0.3) is 10.9 Å². The Labute approximate surface area is 116 Å². The first-order chi connectivity index (χ1) is 9.50. The first kappa shape index (κ1) is 14.1. The first-order valence-electron chi connectivity index (χ1n) is 6.34. The van der Waals surface area contributed by atoms with E-state index in [0.29, 0.717) is 24.0 Å². The molecule has 1 heterocycles. The van der Waals surface area contributed by atoms with Gasteiger partial charge in [0, 0.05) is 18.5 Å². The zero-order chi connectivity index (χ0) is 14.7. The molecule has 2 rings (SSSR count). The largest absolute Gasteiger partial charge is 0.397 e. The minimum Gasteiger partial charge on any atom is -0.397 e. The van der Waals surface area contributed by atoms with Gasteiger partial charge in [-0.15, -0.1) is 0 Å². The molecule has 0 aliphatic rings. The van der Waals surface area contributed by atoms with Crippen molar-refractivity contribution in [1.82, 2.24) is 15.2 Å². The lowest BCUT2D eigenvalue weighted by Crippen LogP contribution is -2.35. The molecular weight excluding hydrogens is 256 g/mol. The van der Waals surface area contributed by atoms with Crippen LogP contribution in [0.2, 0.25) is 0 Å². The van der Waals surface area contributed by atoms with E-state index in [0.717, 1.165) is 0 Å². The number of likely N-dealkylation sites (N-methyl/N-ethyl adjacent to an activating group) is 1. The van der Waals surface area contributed by atoms with Gasteiger partial charge >= 0.3 is 0 Å². The number of pyridine rings is 1. The molecule has 20 heavy (non-hydrogen) atoms. The number of nitrogen functional groups attached to an aromatic ring is 1. The van der Waals surface area contributed by atoms with Crippen LogP contribution in [-0.4, -0.2) is 43.0 Å². The number of nitrogens with zero attached hydrogens (tertiary/aromatic N) is 1. The van der Waals surface area contributed by atoms with E-state index in [2.05, 4.69) is 10.3 Å². The van der Waals surface area contributed by atoms with E-state index in [9.17, 15) is 9.59 Å². The molecule has 106 valence electrons. The summed E-state index contributed by atoms with van der Waals surface area (Å²) in [7, 11) is 3.81. The Hall–Kier alpha value is -2.34. The third kappa shape index (κ3) is 2.80. The summed E-state index contributed by atoms with van der Waals surface area (Å²) in [6, 6.07) is 7.14. The van der Waals surface area contributed by atoms with E-state index in [-0.39, 0.29) is 11.3 Å². The fourth-order valence-electron chi connectivity index (χ4n) is 1.98. The Balaban J connectivity index is 2.34. The number of para-hydroxylation sites is 1. The molecule has 0 aliphatic heterocycles. The number of aromatic amines is 1. The van der Waals surface area contributed by atoms with E-state index in [1.807, 2.05) is 25.1 Å². The van der Waals surface area contributed by atoms with Crippen molar-refractivity contribution in [3.05, 3.63) is 40.2 Å². The number of rotatable bonds is 4. The molecule has 4 N–H and O–H groups in total. The number of amides is 1. The van der Waals surface area contributed by atoms with Crippen molar-refractivity contribution in [2.24, 2.45) is 0 Å². The van der Waals surface area contributed by atoms with Crippen LogP contribution < -0.4 is 16.6 Å². The van der Waals surface area contributed by atoms with Crippen molar-refractivity contribution >= 4 is 22.5 Å². The van der Waals surface area contributed by atoms with E-state index < -0.39 is 11.5 Å². The molecule has 6 nitrogen and oxygen atoms in total. The summed E-state index contributed by atoms with van der Waals surface area (Å²) >= 11 is 0. The Bertz CT molecular complexity index is 691. The second-order valence-corrected chi connectivity index (χ2v) is 4.85. The van der Waals surface area contributed by atoms with Crippen molar-refractivity contribution in [2.45, 2.75) is 0 Å². The topological polar surface area (TPSA) is 91.2 Å². The number of hydrogen-bond donors (Lipinski definition) is 3. The molecule has 6 heteroatoms. The maximum absolute atomic E-state index is 12.1. The minimum absolute atomic E-state index is 0.0255. The van der Waals surface area contributed by atoms with E-state index in [4.69, 9.17) is 5.73 Å². The number of aromatic nitrogens is 1.